The van der Waals surface area contributed by atoms with Crippen molar-refractivity contribution in [2.24, 2.45) is 5.41 Å². The van der Waals surface area contributed by atoms with Gasteiger partial charge in [0.25, 0.3) is 0 Å². The zero-order chi connectivity index (χ0) is 12.8. The number of nitrogens with zero attached hydrogens (tertiary/aromatic N) is 3. The summed E-state index contributed by atoms with van der Waals surface area (Å²) in [5, 5.41) is 0.791. The summed E-state index contributed by atoms with van der Waals surface area (Å²) in [4.78, 5) is 25.7. The average molecular weight is 259 g/mol. The second-order valence-corrected chi connectivity index (χ2v) is 6.33. The highest BCUT2D eigenvalue weighted by atomic mass is 32.1. The summed E-state index contributed by atoms with van der Waals surface area (Å²) in [7, 11) is 0. The van der Waals surface area contributed by atoms with Crippen LogP contribution in [0.25, 0.3) is 10.7 Å². The van der Waals surface area contributed by atoms with E-state index in [0.29, 0.717) is 6.42 Å². The number of rotatable bonds is 1. The van der Waals surface area contributed by atoms with Crippen LogP contribution >= 0.6 is 11.3 Å². The summed E-state index contributed by atoms with van der Waals surface area (Å²) in [6, 6.07) is 0. The fourth-order valence-electron chi connectivity index (χ4n) is 2.24. The molecule has 0 atom stereocenters. The van der Waals surface area contributed by atoms with Crippen molar-refractivity contribution in [3.63, 3.8) is 0 Å². The molecular formula is C13H13N3OS. The van der Waals surface area contributed by atoms with Crippen LogP contribution in [0.1, 0.15) is 35.6 Å². The van der Waals surface area contributed by atoms with Crippen LogP contribution in [0, 0.1) is 5.41 Å². The van der Waals surface area contributed by atoms with Gasteiger partial charge in [-0.1, -0.05) is 13.8 Å². The first-order chi connectivity index (χ1) is 8.55. The molecule has 0 bridgehead atoms. The highest BCUT2D eigenvalue weighted by Crippen LogP contribution is 2.38. The molecule has 0 unspecified atom stereocenters. The third-order valence-electron chi connectivity index (χ3n) is 3.02. The maximum atomic E-state index is 12.1. The van der Waals surface area contributed by atoms with Crippen molar-refractivity contribution >= 4 is 17.1 Å². The predicted molar refractivity (Wildman–Crippen MR) is 69.6 cm³/mol. The average Bonchev–Trinajstić information content (AvgIpc) is 2.72. The van der Waals surface area contributed by atoms with Gasteiger partial charge in [0.1, 0.15) is 10.7 Å². The molecule has 18 heavy (non-hydrogen) atoms. The SMILES string of the molecule is CC1(C)CC(=O)c2sc(-c3cnccn3)nc2C1. The molecule has 0 radical (unpaired) electrons. The monoisotopic (exact) mass is 259 g/mol. The second kappa shape index (κ2) is 3.95. The number of aromatic nitrogens is 3. The molecule has 5 heteroatoms. The van der Waals surface area contributed by atoms with Gasteiger partial charge < -0.3 is 0 Å². The lowest BCUT2D eigenvalue weighted by Gasteiger charge is -2.26. The number of fused-ring (bicyclic) bond motifs is 1. The third-order valence-corrected chi connectivity index (χ3v) is 4.18. The summed E-state index contributed by atoms with van der Waals surface area (Å²) < 4.78 is 0. The normalized spacial score (nSPS) is 17.6. The summed E-state index contributed by atoms with van der Waals surface area (Å²) in [5.41, 5.74) is 1.67. The van der Waals surface area contributed by atoms with Gasteiger partial charge in [0.2, 0.25) is 0 Å². The van der Waals surface area contributed by atoms with Gasteiger partial charge in [0.05, 0.1) is 16.8 Å². The van der Waals surface area contributed by atoms with Crippen molar-refractivity contribution in [2.75, 3.05) is 0 Å². The molecule has 0 aromatic carbocycles. The van der Waals surface area contributed by atoms with Crippen molar-refractivity contribution < 1.29 is 4.79 Å². The first kappa shape index (κ1) is 11.5. The largest absolute Gasteiger partial charge is 0.293 e. The summed E-state index contributed by atoms with van der Waals surface area (Å²) in [5.74, 6) is 0.203. The van der Waals surface area contributed by atoms with Gasteiger partial charge in [-0.2, -0.15) is 0 Å². The van der Waals surface area contributed by atoms with Crippen LogP contribution < -0.4 is 0 Å². The quantitative estimate of drug-likeness (QED) is 0.790. The number of ketones is 1. The highest BCUT2D eigenvalue weighted by Gasteiger charge is 2.34. The zero-order valence-electron chi connectivity index (χ0n) is 10.3. The van der Waals surface area contributed by atoms with Crippen LogP contribution in [0.3, 0.4) is 0 Å². The molecule has 0 saturated carbocycles. The van der Waals surface area contributed by atoms with E-state index in [-0.39, 0.29) is 11.2 Å². The molecule has 92 valence electrons. The van der Waals surface area contributed by atoms with Crippen molar-refractivity contribution in [3.8, 4) is 10.7 Å². The molecule has 2 aromatic heterocycles. The Hall–Kier alpha value is -1.62. The van der Waals surface area contributed by atoms with E-state index in [1.807, 2.05) is 0 Å². The van der Waals surface area contributed by atoms with Gasteiger partial charge >= 0.3 is 0 Å². The predicted octanol–water partition coefficient (Wildman–Crippen LogP) is 2.76. The molecule has 2 heterocycles. The van der Waals surface area contributed by atoms with Gasteiger partial charge in [-0.15, -0.1) is 11.3 Å². The fourth-order valence-corrected chi connectivity index (χ4v) is 3.22. The Bertz CT molecular complexity index is 604. The Balaban J connectivity index is 2.06. The number of hydrogen-bond donors (Lipinski definition) is 0. The Labute approximate surface area is 109 Å². The molecule has 1 aliphatic carbocycles. The molecule has 0 amide bonds. The molecule has 0 spiro atoms. The van der Waals surface area contributed by atoms with E-state index in [1.165, 1.54) is 11.3 Å². The van der Waals surface area contributed by atoms with Crippen molar-refractivity contribution in [3.05, 3.63) is 29.2 Å². The van der Waals surface area contributed by atoms with Gasteiger partial charge in [-0.25, -0.2) is 4.98 Å². The van der Waals surface area contributed by atoms with Crippen LogP contribution in [0.2, 0.25) is 0 Å². The molecule has 2 aromatic rings. The molecule has 4 nitrogen and oxygen atoms in total. The molecule has 0 fully saturated rings. The van der Waals surface area contributed by atoms with E-state index in [1.54, 1.807) is 18.6 Å². The number of thiazole rings is 1. The van der Waals surface area contributed by atoms with E-state index < -0.39 is 0 Å². The molecule has 3 rings (SSSR count). The van der Waals surface area contributed by atoms with Crippen LogP contribution in [0.15, 0.2) is 18.6 Å². The van der Waals surface area contributed by atoms with E-state index in [0.717, 1.165) is 27.7 Å². The van der Waals surface area contributed by atoms with E-state index >= 15 is 0 Å². The first-order valence-electron chi connectivity index (χ1n) is 5.84. The van der Waals surface area contributed by atoms with Crippen molar-refractivity contribution in [1.29, 1.82) is 0 Å². The minimum Gasteiger partial charge on any atom is -0.293 e. The van der Waals surface area contributed by atoms with E-state index in [9.17, 15) is 4.79 Å². The standard InChI is InChI=1S/C13H13N3OS/c1-13(2)5-8-11(10(17)6-13)18-12(16-8)9-7-14-3-4-15-9/h3-4,7H,5-6H2,1-2H3. The fraction of sp³-hybridized carbons (Fsp3) is 0.385. The zero-order valence-corrected chi connectivity index (χ0v) is 11.1. The second-order valence-electron chi connectivity index (χ2n) is 5.33. The smallest absolute Gasteiger partial charge is 0.175 e. The maximum absolute atomic E-state index is 12.1. The van der Waals surface area contributed by atoms with Gasteiger partial charge in [-0.3, -0.25) is 14.8 Å². The number of hydrogen-bond acceptors (Lipinski definition) is 5. The summed E-state index contributed by atoms with van der Waals surface area (Å²) in [6.45, 7) is 4.21. The Kier molecular flexibility index (Phi) is 2.52. The summed E-state index contributed by atoms with van der Waals surface area (Å²) in [6.07, 6.45) is 6.40. The number of carbonyl (C=O) groups excluding carboxylic acids is 1. The Morgan fingerprint density at radius 2 is 2.11 bits per heavy atom. The van der Waals surface area contributed by atoms with E-state index in [4.69, 9.17) is 0 Å². The first-order valence-corrected chi connectivity index (χ1v) is 6.66. The Morgan fingerprint density at radius 1 is 1.28 bits per heavy atom. The minimum absolute atomic E-state index is 0.0117. The van der Waals surface area contributed by atoms with Crippen LogP contribution in [0.4, 0.5) is 0 Å². The lowest BCUT2D eigenvalue weighted by molar-refractivity contribution is 0.0916. The summed E-state index contributed by atoms with van der Waals surface area (Å²) >= 11 is 1.43. The molecule has 0 aliphatic heterocycles. The lowest BCUT2D eigenvalue weighted by Crippen LogP contribution is -2.25. The topological polar surface area (TPSA) is 55.7 Å². The minimum atomic E-state index is 0.0117. The lowest BCUT2D eigenvalue weighted by atomic mass is 9.78. The van der Waals surface area contributed by atoms with Crippen LogP contribution in [-0.4, -0.2) is 20.7 Å². The maximum Gasteiger partial charge on any atom is 0.175 e. The van der Waals surface area contributed by atoms with Crippen LogP contribution in [-0.2, 0) is 6.42 Å². The molecular weight excluding hydrogens is 246 g/mol. The van der Waals surface area contributed by atoms with Crippen LogP contribution in [0.5, 0.6) is 0 Å². The number of carbonyl (C=O) groups is 1. The van der Waals surface area contributed by atoms with Crippen molar-refractivity contribution in [2.45, 2.75) is 26.7 Å². The third kappa shape index (κ3) is 1.95. The van der Waals surface area contributed by atoms with Gasteiger partial charge in [0.15, 0.2) is 5.78 Å². The molecule has 0 N–H and O–H groups in total. The highest BCUT2D eigenvalue weighted by molar-refractivity contribution is 7.17. The van der Waals surface area contributed by atoms with Gasteiger partial charge in [0, 0.05) is 18.8 Å². The molecule has 0 saturated heterocycles. The van der Waals surface area contributed by atoms with E-state index in [2.05, 4.69) is 28.8 Å². The van der Waals surface area contributed by atoms with Gasteiger partial charge in [-0.05, 0) is 11.8 Å². The number of Topliss-reactive ketones (excluding diaryl/α,β-unsaturated/α-hetero) is 1. The molecule has 1 aliphatic rings. The van der Waals surface area contributed by atoms with Crippen molar-refractivity contribution in [1.82, 2.24) is 15.0 Å². The Morgan fingerprint density at radius 3 is 2.83 bits per heavy atom.